The van der Waals surface area contributed by atoms with Gasteiger partial charge in [0.05, 0.1) is 14.2 Å². The van der Waals surface area contributed by atoms with Crippen molar-refractivity contribution in [3.63, 3.8) is 0 Å². The number of carbonyl (C=O) groups excluding carboxylic acids is 3. The quantitative estimate of drug-likeness (QED) is 0.553. The fraction of sp³-hybridized carbons (Fsp3) is 0.273. The summed E-state index contributed by atoms with van der Waals surface area (Å²) in [4.78, 5) is 40.8. The first kappa shape index (κ1) is 19.6. The maximum atomic E-state index is 13.4. The van der Waals surface area contributed by atoms with Gasteiger partial charge < -0.3 is 14.4 Å². The number of hydrogen-bond donors (Lipinski definition) is 0. The third kappa shape index (κ3) is 3.10. The van der Waals surface area contributed by atoms with E-state index in [4.69, 9.17) is 9.47 Å². The van der Waals surface area contributed by atoms with Crippen LogP contribution in [0.15, 0.2) is 65.8 Å². The van der Waals surface area contributed by atoms with E-state index in [9.17, 15) is 14.4 Å². The molecule has 2 heterocycles. The highest BCUT2D eigenvalue weighted by atomic mass is 16.5. The number of fused-ring (bicyclic) bond motifs is 1. The van der Waals surface area contributed by atoms with E-state index in [1.165, 1.54) is 19.2 Å². The highest BCUT2D eigenvalue weighted by Crippen LogP contribution is 2.43. The van der Waals surface area contributed by atoms with Crippen LogP contribution in [0.4, 0.5) is 5.69 Å². The van der Waals surface area contributed by atoms with Crippen molar-refractivity contribution < 1.29 is 23.9 Å². The molecule has 154 valence electrons. The Morgan fingerprint density at radius 1 is 0.833 bits per heavy atom. The minimum Gasteiger partial charge on any atom is -0.469 e. The summed E-state index contributed by atoms with van der Waals surface area (Å²) in [5.41, 5.74) is 1.20. The van der Waals surface area contributed by atoms with Gasteiger partial charge in [0, 0.05) is 11.3 Å². The molecule has 0 aromatic heterocycles. The molecular formula is C22H21N3O5. The zero-order valence-corrected chi connectivity index (χ0v) is 16.5. The Morgan fingerprint density at radius 3 is 2.00 bits per heavy atom. The van der Waals surface area contributed by atoms with Crippen LogP contribution >= 0.6 is 0 Å². The molecule has 30 heavy (non-hydrogen) atoms. The fourth-order valence-electron chi connectivity index (χ4n) is 4.19. The van der Waals surface area contributed by atoms with Crippen LogP contribution in [0.3, 0.4) is 0 Å². The monoisotopic (exact) mass is 407 g/mol. The second kappa shape index (κ2) is 7.98. The molecule has 0 spiro atoms. The van der Waals surface area contributed by atoms with E-state index in [0.29, 0.717) is 5.56 Å². The molecule has 1 fully saturated rings. The summed E-state index contributed by atoms with van der Waals surface area (Å²) in [6.07, 6.45) is 0.871. The van der Waals surface area contributed by atoms with Gasteiger partial charge in [0.1, 0.15) is 30.4 Å². The highest BCUT2D eigenvalue weighted by Gasteiger charge is 2.62. The maximum absolute atomic E-state index is 13.4. The number of hydrogen-bond acceptors (Lipinski definition) is 8. The first-order valence-electron chi connectivity index (χ1n) is 9.49. The predicted molar refractivity (Wildman–Crippen MR) is 109 cm³/mol. The van der Waals surface area contributed by atoms with E-state index in [1.54, 1.807) is 41.6 Å². The van der Waals surface area contributed by atoms with Crippen LogP contribution in [0.1, 0.15) is 10.4 Å². The minimum absolute atomic E-state index is 0.311. The molecule has 0 radical (unpaired) electrons. The average Bonchev–Trinajstić information content (AvgIpc) is 3.36. The van der Waals surface area contributed by atoms with Gasteiger partial charge in [-0.2, -0.15) is 5.10 Å². The number of ketones is 1. The van der Waals surface area contributed by atoms with Crippen molar-refractivity contribution in [3.8, 4) is 0 Å². The summed E-state index contributed by atoms with van der Waals surface area (Å²) in [7, 11) is 2.50. The van der Waals surface area contributed by atoms with Crippen LogP contribution < -0.4 is 4.90 Å². The normalized spacial score (nSPS) is 24.5. The summed E-state index contributed by atoms with van der Waals surface area (Å²) < 4.78 is 10.0. The highest BCUT2D eigenvalue weighted by molar-refractivity contribution is 6.04. The number of rotatable bonds is 5. The number of ether oxygens (including phenoxy) is 2. The molecule has 0 N–H and O–H groups in total. The molecule has 4 atom stereocenters. The van der Waals surface area contributed by atoms with Gasteiger partial charge in [0.15, 0.2) is 5.78 Å². The molecule has 0 unspecified atom stereocenters. The number of hydrazone groups is 1. The molecule has 0 saturated carbocycles. The molecule has 2 aliphatic heterocycles. The van der Waals surface area contributed by atoms with Gasteiger partial charge in [-0.1, -0.05) is 48.5 Å². The largest absolute Gasteiger partial charge is 0.469 e. The van der Waals surface area contributed by atoms with Crippen molar-refractivity contribution in [2.75, 3.05) is 19.1 Å². The third-order valence-corrected chi connectivity index (χ3v) is 5.53. The molecule has 1 saturated heterocycles. The van der Waals surface area contributed by atoms with Gasteiger partial charge in [-0.15, -0.1) is 0 Å². The Labute approximate surface area is 173 Å². The molecule has 0 aliphatic carbocycles. The first-order chi connectivity index (χ1) is 14.6. The number of para-hydroxylation sites is 1. The molecule has 2 aromatic carbocycles. The number of nitrogens with zero attached hydrogens (tertiary/aromatic N) is 3. The lowest BCUT2D eigenvalue weighted by molar-refractivity contribution is -0.156. The number of anilines is 1. The molecule has 2 aromatic rings. The van der Waals surface area contributed by atoms with Gasteiger partial charge in [-0.25, -0.2) is 0 Å². The lowest BCUT2D eigenvalue weighted by Crippen LogP contribution is -2.45. The van der Waals surface area contributed by atoms with E-state index in [0.717, 1.165) is 5.69 Å². The predicted octanol–water partition coefficient (Wildman–Crippen LogP) is 1.92. The zero-order chi connectivity index (χ0) is 21.3. The van der Waals surface area contributed by atoms with E-state index in [-0.39, 0.29) is 5.78 Å². The Hall–Kier alpha value is -3.68. The summed E-state index contributed by atoms with van der Waals surface area (Å²) >= 11 is 0. The summed E-state index contributed by atoms with van der Waals surface area (Å²) in [5.74, 6) is -3.60. The smallest absolute Gasteiger partial charge is 0.313 e. The van der Waals surface area contributed by atoms with Gasteiger partial charge in [-0.05, 0) is 12.1 Å². The fourth-order valence-corrected chi connectivity index (χ4v) is 4.19. The van der Waals surface area contributed by atoms with Crippen LogP contribution in [0.25, 0.3) is 0 Å². The van der Waals surface area contributed by atoms with E-state index >= 15 is 0 Å². The van der Waals surface area contributed by atoms with Gasteiger partial charge in [0.25, 0.3) is 0 Å². The standard InChI is InChI=1S/C22H21N3O5/c1-29-21(27)16-17(22(28)30-2)20-24(15-11-7-4-8-12-15)13-23-25(20)18(16)19(26)14-9-5-3-6-10-14/h3-13,16-18,20H,1-2H3/t16-,17+,18-,20+/m0/s1. The average molecular weight is 407 g/mol. The van der Waals surface area contributed by atoms with Gasteiger partial charge in [0.2, 0.25) is 0 Å². The maximum Gasteiger partial charge on any atom is 0.313 e. The second-order valence-electron chi connectivity index (χ2n) is 7.04. The van der Waals surface area contributed by atoms with Crippen molar-refractivity contribution in [1.29, 1.82) is 0 Å². The van der Waals surface area contributed by atoms with E-state index < -0.39 is 36.0 Å². The SMILES string of the molecule is COC(=O)[C@@H]1[C@H](C(=O)OC)[C@@H](C(=O)c2ccccc2)N2N=CN(c3ccccc3)[C@@H]12. The summed E-state index contributed by atoms with van der Waals surface area (Å²) in [6.45, 7) is 0. The number of esters is 2. The zero-order valence-electron chi connectivity index (χ0n) is 16.5. The Balaban J connectivity index is 1.82. The Kier molecular flexibility index (Phi) is 5.22. The summed E-state index contributed by atoms with van der Waals surface area (Å²) in [6, 6.07) is 17.0. The minimum atomic E-state index is -1.07. The van der Waals surface area contributed by atoms with Crippen LogP contribution in [0.5, 0.6) is 0 Å². The molecule has 4 rings (SSSR count). The van der Waals surface area contributed by atoms with E-state index in [1.807, 2.05) is 30.3 Å². The lowest BCUT2D eigenvalue weighted by atomic mass is 9.85. The van der Waals surface area contributed by atoms with Crippen LogP contribution in [-0.2, 0) is 19.1 Å². The molecular weight excluding hydrogens is 386 g/mol. The Morgan fingerprint density at radius 2 is 1.40 bits per heavy atom. The molecule has 8 nitrogen and oxygen atoms in total. The lowest BCUT2D eigenvalue weighted by Gasteiger charge is -2.29. The van der Waals surface area contributed by atoms with Crippen LogP contribution in [0.2, 0.25) is 0 Å². The van der Waals surface area contributed by atoms with Crippen LogP contribution in [-0.4, -0.2) is 55.5 Å². The number of methoxy groups -OCH3 is 2. The molecule has 8 heteroatoms. The number of Topliss-reactive ketones (excluding diaryl/α,β-unsaturated/α-hetero) is 1. The van der Waals surface area contributed by atoms with Gasteiger partial charge in [-0.3, -0.25) is 19.4 Å². The van der Waals surface area contributed by atoms with Crippen LogP contribution in [0, 0.1) is 11.8 Å². The summed E-state index contributed by atoms with van der Waals surface area (Å²) in [5, 5.41) is 5.93. The van der Waals surface area contributed by atoms with Crippen molar-refractivity contribution in [2.45, 2.75) is 12.2 Å². The topological polar surface area (TPSA) is 88.5 Å². The number of carbonyl (C=O) groups is 3. The number of benzene rings is 2. The van der Waals surface area contributed by atoms with Crippen molar-refractivity contribution in [1.82, 2.24) is 5.01 Å². The van der Waals surface area contributed by atoms with Crippen molar-refractivity contribution in [3.05, 3.63) is 66.2 Å². The van der Waals surface area contributed by atoms with E-state index in [2.05, 4.69) is 5.10 Å². The molecule has 2 aliphatic rings. The first-order valence-corrected chi connectivity index (χ1v) is 9.49. The molecule has 0 amide bonds. The van der Waals surface area contributed by atoms with Crippen molar-refractivity contribution >= 4 is 29.7 Å². The second-order valence-corrected chi connectivity index (χ2v) is 7.04. The molecule has 0 bridgehead atoms. The third-order valence-electron chi connectivity index (χ3n) is 5.53. The Bertz CT molecular complexity index is 979. The van der Waals surface area contributed by atoms with Crippen molar-refractivity contribution in [2.24, 2.45) is 16.9 Å². The van der Waals surface area contributed by atoms with Gasteiger partial charge >= 0.3 is 11.9 Å².